The molecule has 1 aliphatic heterocycles. The Labute approximate surface area is 137 Å². The molecule has 1 fully saturated rings. The summed E-state index contributed by atoms with van der Waals surface area (Å²) < 4.78 is 0. The van der Waals surface area contributed by atoms with Crippen LogP contribution >= 0.6 is 0 Å². The Bertz CT molecular complexity index is 786. The summed E-state index contributed by atoms with van der Waals surface area (Å²) in [6, 6.07) is 11.1. The smallest absolute Gasteiger partial charge is 0.303 e. The lowest BCUT2D eigenvalue weighted by molar-refractivity contribution is -0.384. The summed E-state index contributed by atoms with van der Waals surface area (Å²) in [5.41, 5.74) is 4.42. The molecule has 0 bridgehead atoms. The van der Waals surface area contributed by atoms with Crippen LogP contribution in [0.2, 0.25) is 0 Å². The second kappa shape index (κ2) is 5.68. The van der Waals surface area contributed by atoms with Crippen molar-refractivity contribution in [2.45, 2.75) is 18.8 Å². The molecule has 1 heterocycles. The molecule has 1 atom stereocenters. The number of nitro groups is 1. The predicted octanol–water partition coefficient (Wildman–Crippen LogP) is 1.18. The molecule has 8 heteroatoms. The quantitative estimate of drug-likeness (QED) is 0.442. The van der Waals surface area contributed by atoms with Gasteiger partial charge in [0.2, 0.25) is 0 Å². The summed E-state index contributed by atoms with van der Waals surface area (Å²) >= 11 is 0. The Hall–Kier alpha value is -2.81. The highest BCUT2D eigenvalue weighted by Gasteiger charge is 2.53. The Morgan fingerprint density at radius 3 is 2.25 bits per heavy atom. The molecule has 3 rings (SSSR count). The van der Waals surface area contributed by atoms with Crippen LogP contribution in [0.25, 0.3) is 0 Å². The van der Waals surface area contributed by atoms with Crippen molar-refractivity contribution in [3.8, 4) is 0 Å². The van der Waals surface area contributed by atoms with Gasteiger partial charge in [0.25, 0.3) is 11.5 Å². The molecule has 1 amide bonds. The number of aryl methyl sites for hydroxylation is 1. The second-order valence-corrected chi connectivity index (χ2v) is 5.61. The van der Waals surface area contributed by atoms with E-state index in [-0.39, 0.29) is 11.4 Å². The minimum absolute atomic E-state index is 0.125. The van der Waals surface area contributed by atoms with Gasteiger partial charge in [0.05, 0.1) is 10.6 Å². The van der Waals surface area contributed by atoms with Crippen LogP contribution in [0.15, 0.2) is 48.5 Å². The van der Waals surface area contributed by atoms with E-state index in [1.807, 2.05) is 6.92 Å². The van der Waals surface area contributed by atoms with Crippen LogP contribution < -0.4 is 10.4 Å². The van der Waals surface area contributed by atoms with E-state index in [1.54, 1.807) is 24.3 Å². The van der Waals surface area contributed by atoms with E-state index in [0.29, 0.717) is 5.56 Å². The normalized spacial score (nSPS) is 19.5. The molecule has 8 nitrogen and oxygen atoms in total. The van der Waals surface area contributed by atoms with Crippen LogP contribution in [0.5, 0.6) is 0 Å². The first kappa shape index (κ1) is 16.1. The zero-order valence-electron chi connectivity index (χ0n) is 12.7. The molecule has 0 spiro atoms. The molecule has 1 unspecified atom stereocenters. The Morgan fingerprint density at radius 1 is 1.12 bits per heavy atom. The van der Waals surface area contributed by atoms with Crippen LogP contribution in [-0.4, -0.2) is 26.8 Å². The summed E-state index contributed by atoms with van der Waals surface area (Å²) in [5.74, 6) is -3.58. The number of anilines is 1. The lowest BCUT2D eigenvalue weighted by Gasteiger charge is -2.20. The van der Waals surface area contributed by atoms with Gasteiger partial charge >= 0.3 is 5.91 Å². The van der Waals surface area contributed by atoms with E-state index in [0.717, 1.165) is 10.6 Å². The van der Waals surface area contributed by atoms with Crippen LogP contribution in [0.1, 0.15) is 17.2 Å². The van der Waals surface area contributed by atoms with Crippen LogP contribution in [0.4, 0.5) is 11.4 Å². The number of benzene rings is 2. The van der Waals surface area contributed by atoms with Gasteiger partial charge in [-0.1, -0.05) is 29.8 Å². The number of carbonyl (C=O) groups excluding carboxylic acids is 1. The third kappa shape index (κ3) is 2.62. The molecule has 0 saturated carbocycles. The zero-order chi connectivity index (χ0) is 17.5. The van der Waals surface area contributed by atoms with E-state index < -0.39 is 22.7 Å². The summed E-state index contributed by atoms with van der Waals surface area (Å²) in [4.78, 5) is 22.5. The van der Waals surface area contributed by atoms with Gasteiger partial charge < -0.3 is 10.2 Å². The van der Waals surface area contributed by atoms with Gasteiger partial charge in [0.15, 0.2) is 0 Å². The molecule has 2 aromatic carbocycles. The van der Waals surface area contributed by atoms with Gasteiger partial charge in [-0.2, -0.15) is 0 Å². The second-order valence-electron chi connectivity index (χ2n) is 5.61. The van der Waals surface area contributed by atoms with Crippen molar-refractivity contribution in [2.75, 3.05) is 5.01 Å². The molecule has 0 radical (unpaired) electrons. The van der Waals surface area contributed by atoms with Crippen molar-refractivity contribution < 1.29 is 19.9 Å². The maximum atomic E-state index is 12.3. The molecule has 0 aliphatic carbocycles. The standard InChI is InChI=1S/C16H15N3O5/c1-10-2-4-11(5-3-10)14-16(21,22)15(20)18(17-14)12-6-8-13(9-7-12)19(23)24/h2-9,14,17,21-22H,1H3. The van der Waals surface area contributed by atoms with E-state index in [9.17, 15) is 25.1 Å². The molecule has 1 saturated heterocycles. The first-order valence-electron chi connectivity index (χ1n) is 7.17. The van der Waals surface area contributed by atoms with Crippen molar-refractivity contribution in [2.24, 2.45) is 0 Å². The minimum Gasteiger partial charge on any atom is -0.357 e. The average molecular weight is 329 g/mol. The molecule has 2 aromatic rings. The van der Waals surface area contributed by atoms with Gasteiger partial charge in [0, 0.05) is 12.1 Å². The van der Waals surface area contributed by atoms with Crippen LogP contribution in [0.3, 0.4) is 0 Å². The number of nitro benzene ring substituents is 1. The molecule has 1 aliphatic rings. The monoisotopic (exact) mass is 329 g/mol. The van der Waals surface area contributed by atoms with Gasteiger partial charge in [-0.25, -0.2) is 10.4 Å². The molecule has 24 heavy (non-hydrogen) atoms. The Balaban J connectivity index is 1.92. The van der Waals surface area contributed by atoms with Crippen molar-refractivity contribution in [1.29, 1.82) is 0 Å². The molecular weight excluding hydrogens is 314 g/mol. The summed E-state index contributed by atoms with van der Waals surface area (Å²) in [6.07, 6.45) is 0. The number of nitrogens with zero attached hydrogens (tertiary/aromatic N) is 2. The SMILES string of the molecule is Cc1ccc(C2NN(c3ccc([N+](=O)[O-])cc3)C(=O)C2(O)O)cc1. The van der Waals surface area contributed by atoms with E-state index in [1.165, 1.54) is 24.3 Å². The Morgan fingerprint density at radius 2 is 1.71 bits per heavy atom. The third-order valence-electron chi connectivity index (χ3n) is 3.91. The lowest BCUT2D eigenvalue weighted by Crippen LogP contribution is -2.42. The molecule has 3 N–H and O–H groups in total. The number of hydrogen-bond donors (Lipinski definition) is 3. The fourth-order valence-corrected chi connectivity index (χ4v) is 2.55. The highest BCUT2D eigenvalue weighted by molar-refractivity contribution is 6.00. The number of nitrogens with one attached hydrogen (secondary N) is 1. The van der Waals surface area contributed by atoms with Crippen LogP contribution in [0, 0.1) is 17.0 Å². The van der Waals surface area contributed by atoms with E-state index in [4.69, 9.17) is 0 Å². The number of hydrogen-bond acceptors (Lipinski definition) is 6. The number of amides is 1. The maximum absolute atomic E-state index is 12.3. The van der Waals surface area contributed by atoms with E-state index in [2.05, 4.69) is 5.43 Å². The molecule has 124 valence electrons. The molecule has 0 aromatic heterocycles. The van der Waals surface area contributed by atoms with Crippen molar-refractivity contribution in [1.82, 2.24) is 5.43 Å². The summed E-state index contributed by atoms with van der Waals surface area (Å²) in [6.45, 7) is 1.89. The van der Waals surface area contributed by atoms with Crippen molar-refractivity contribution in [3.05, 3.63) is 69.8 Å². The topological polar surface area (TPSA) is 116 Å². The molecular formula is C16H15N3O5. The van der Waals surface area contributed by atoms with Crippen LogP contribution in [-0.2, 0) is 4.79 Å². The summed E-state index contributed by atoms with van der Waals surface area (Å²) in [7, 11) is 0. The largest absolute Gasteiger partial charge is 0.357 e. The number of hydrazine groups is 1. The maximum Gasteiger partial charge on any atom is 0.303 e. The fraction of sp³-hybridized carbons (Fsp3) is 0.188. The van der Waals surface area contributed by atoms with E-state index >= 15 is 0 Å². The number of aliphatic hydroxyl groups is 2. The number of non-ortho nitro benzene ring substituents is 1. The lowest BCUT2D eigenvalue weighted by atomic mass is 9.99. The Kier molecular flexibility index (Phi) is 3.80. The number of carbonyl (C=O) groups is 1. The highest BCUT2D eigenvalue weighted by Crippen LogP contribution is 2.34. The van der Waals surface area contributed by atoms with Gasteiger partial charge in [0.1, 0.15) is 6.04 Å². The van der Waals surface area contributed by atoms with Crippen molar-refractivity contribution in [3.63, 3.8) is 0 Å². The fourth-order valence-electron chi connectivity index (χ4n) is 2.55. The number of rotatable bonds is 3. The van der Waals surface area contributed by atoms with Gasteiger partial charge in [-0.15, -0.1) is 0 Å². The van der Waals surface area contributed by atoms with Gasteiger partial charge in [-0.3, -0.25) is 14.9 Å². The first-order valence-corrected chi connectivity index (χ1v) is 7.17. The summed E-state index contributed by atoms with van der Waals surface area (Å²) in [5, 5.41) is 32.1. The minimum atomic E-state index is -2.63. The van der Waals surface area contributed by atoms with Crippen molar-refractivity contribution >= 4 is 17.3 Å². The zero-order valence-corrected chi connectivity index (χ0v) is 12.7. The highest BCUT2D eigenvalue weighted by atomic mass is 16.6. The predicted molar refractivity (Wildman–Crippen MR) is 84.8 cm³/mol. The van der Waals surface area contributed by atoms with Gasteiger partial charge in [-0.05, 0) is 24.6 Å². The average Bonchev–Trinajstić information content (AvgIpc) is 2.79. The third-order valence-corrected chi connectivity index (χ3v) is 3.91. The first-order chi connectivity index (χ1) is 11.3.